The van der Waals surface area contributed by atoms with Gasteiger partial charge in [0.2, 0.25) is 5.95 Å². The smallest absolute Gasteiger partial charge is 0.263 e. The molecular formula is C26H24BrCl2N7O2. The van der Waals surface area contributed by atoms with Gasteiger partial charge in [-0.3, -0.25) is 14.7 Å². The largest absolute Gasteiger partial charge is 0.353 e. The summed E-state index contributed by atoms with van der Waals surface area (Å²) in [5, 5.41) is 10.9. The van der Waals surface area contributed by atoms with Crippen molar-refractivity contribution in [3.05, 3.63) is 84.4 Å². The fourth-order valence-electron chi connectivity index (χ4n) is 4.45. The molecule has 2 aromatic heterocycles. The lowest BCUT2D eigenvalue weighted by Gasteiger charge is -2.34. The van der Waals surface area contributed by atoms with Gasteiger partial charge in [-0.1, -0.05) is 23.2 Å². The summed E-state index contributed by atoms with van der Waals surface area (Å²) in [7, 11) is 0. The van der Waals surface area contributed by atoms with E-state index in [1.54, 1.807) is 27.7 Å². The monoisotopic (exact) mass is 615 g/mol. The van der Waals surface area contributed by atoms with Crippen LogP contribution in [0.2, 0.25) is 10.0 Å². The van der Waals surface area contributed by atoms with E-state index in [1.165, 1.54) is 0 Å². The normalized spacial score (nSPS) is 15.0. The van der Waals surface area contributed by atoms with Crippen molar-refractivity contribution >= 4 is 51.0 Å². The SMILES string of the molecule is CC(C)Nc1nc2c(c(=O)n1-c1ccc(-c3n[nH]c(Br)n3)cc1)C[C@@H](C)N(C(=O)c1ccc(Cl)c(Cl)c1)C2. The second kappa shape index (κ2) is 10.5. The van der Waals surface area contributed by atoms with Gasteiger partial charge in [0.15, 0.2) is 10.6 Å². The maximum absolute atomic E-state index is 13.9. The molecule has 5 rings (SSSR count). The molecule has 2 N–H and O–H groups in total. The summed E-state index contributed by atoms with van der Waals surface area (Å²) in [6.07, 6.45) is 0.374. The third kappa shape index (κ3) is 5.08. The molecular weight excluding hydrogens is 593 g/mol. The second-order valence-corrected chi connectivity index (χ2v) is 11.0. The minimum absolute atomic E-state index is 0.0209. The number of anilines is 1. The molecule has 9 nitrogen and oxygen atoms in total. The first-order chi connectivity index (χ1) is 18.1. The van der Waals surface area contributed by atoms with Crippen LogP contribution in [0.25, 0.3) is 17.1 Å². The van der Waals surface area contributed by atoms with E-state index in [2.05, 4.69) is 36.4 Å². The molecule has 12 heteroatoms. The van der Waals surface area contributed by atoms with Gasteiger partial charge in [0, 0.05) is 28.8 Å². The van der Waals surface area contributed by atoms with Crippen molar-refractivity contribution in [2.45, 2.75) is 45.8 Å². The van der Waals surface area contributed by atoms with Crippen molar-refractivity contribution in [1.29, 1.82) is 0 Å². The number of hydrogen-bond donors (Lipinski definition) is 2. The first kappa shape index (κ1) is 26.4. The van der Waals surface area contributed by atoms with Gasteiger partial charge in [-0.05, 0) is 85.6 Å². The van der Waals surface area contributed by atoms with Crippen LogP contribution in [-0.2, 0) is 13.0 Å². The Hall–Kier alpha value is -3.21. The number of hydrogen-bond acceptors (Lipinski definition) is 6. The van der Waals surface area contributed by atoms with Crippen LogP contribution in [0.15, 0.2) is 52.0 Å². The van der Waals surface area contributed by atoms with E-state index in [4.69, 9.17) is 28.2 Å². The van der Waals surface area contributed by atoms with Crippen LogP contribution >= 0.6 is 39.1 Å². The molecule has 1 amide bonds. The average Bonchev–Trinajstić information content (AvgIpc) is 3.32. The topological polar surface area (TPSA) is 109 Å². The minimum atomic E-state index is -0.220. The molecule has 196 valence electrons. The fraction of sp³-hybridized carbons (Fsp3) is 0.269. The number of carbonyl (C=O) groups excluding carboxylic acids is 1. The molecule has 1 aliphatic heterocycles. The number of amides is 1. The number of H-pyrrole nitrogens is 1. The Labute approximate surface area is 237 Å². The molecule has 0 spiro atoms. The Balaban J connectivity index is 1.53. The van der Waals surface area contributed by atoms with Gasteiger partial charge < -0.3 is 10.2 Å². The number of nitrogens with zero attached hydrogens (tertiary/aromatic N) is 5. The Morgan fingerprint density at radius 1 is 1.13 bits per heavy atom. The molecule has 1 aliphatic rings. The summed E-state index contributed by atoms with van der Waals surface area (Å²) >= 11 is 15.4. The van der Waals surface area contributed by atoms with Crippen LogP contribution in [0.3, 0.4) is 0 Å². The molecule has 3 heterocycles. The Bertz CT molecular complexity index is 1580. The zero-order valence-corrected chi connectivity index (χ0v) is 23.9. The van der Waals surface area contributed by atoms with E-state index in [1.807, 2.05) is 45.0 Å². The van der Waals surface area contributed by atoms with Crippen LogP contribution in [0, 0.1) is 0 Å². The van der Waals surface area contributed by atoms with Crippen LogP contribution in [0.5, 0.6) is 0 Å². The standard InChI is InChI=1S/C26H24BrCl2N7O2/c1-13(2)30-26-31-21-12-35(23(37)16-6-9-19(28)20(29)11-16)14(3)10-18(21)24(38)36(26)17-7-4-15(5-8-17)22-32-25(27)34-33-22/h4-9,11,13-14H,10,12H2,1-3H3,(H,30,31)(H,32,33,34)/t14-/m1/s1. The predicted octanol–water partition coefficient (Wildman–Crippen LogP) is 5.49. The number of halogens is 3. The van der Waals surface area contributed by atoms with E-state index in [0.717, 1.165) is 5.56 Å². The fourth-order valence-corrected chi connectivity index (χ4v) is 5.01. The molecule has 0 unspecified atom stereocenters. The van der Waals surface area contributed by atoms with Gasteiger partial charge >= 0.3 is 0 Å². The molecule has 1 atom stereocenters. The maximum atomic E-state index is 13.9. The summed E-state index contributed by atoms with van der Waals surface area (Å²) in [5.41, 5.74) is 2.89. The quantitative estimate of drug-likeness (QED) is 0.307. The number of aromatic amines is 1. The Morgan fingerprint density at radius 3 is 2.50 bits per heavy atom. The van der Waals surface area contributed by atoms with Crippen LogP contribution in [0.4, 0.5) is 5.95 Å². The Kier molecular flexibility index (Phi) is 7.30. The van der Waals surface area contributed by atoms with Crippen molar-refractivity contribution in [3.8, 4) is 17.1 Å². The van der Waals surface area contributed by atoms with Gasteiger partial charge in [0.25, 0.3) is 11.5 Å². The van der Waals surface area contributed by atoms with Crippen molar-refractivity contribution in [2.75, 3.05) is 5.32 Å². The molecule has 0 saturated carbocycles. The zero-order valence-electron chi connectivity index (χ0n) is 20.8. The number of benzene rings is 2. The van der Waals surface area contributed by atoms with Gasteiger partial charge in [0.05, 0.1) is 28.0 Å². The summed E-state index contributed by atoms with van der Waals surface area (Å²) in [6.45, 7) is 6.08. The molecule has 2 aromatic carbocycles. The number of aromatic nitrogens is 5. The predicted molar refractivity (Wildman–Crippen MR) is 151 cm³/mol. The number of carbonyl (C=O) groups is 1. The number of rotatable bonds is 5. The minimum Gasteiger partial charge on any atom is -0.353 e. The van der Waals surface area contributed by atoms with E-state index in [9.17, 15) is 9.59 Å². The molecule has 4 aromatic rings. The highest BCUT2D eigenvalue weighted by molar-refractivity contribution is 9.10. The molecule has 0 bridgehead atoms. The summed E-state index contributed by atoms with van der Waals surface area (Å²) in [5.74, 6) is 0.759. The first-order valence-electron chi connectivity index (χ1n) is 12.0. The summed E-state index contributed by atoms with van der Waals surface area (Å²) in [4.78, 5) is 38.1. The zero-order chi connectivity index (χ0) is 27.1. The first-order valence-corrected chi connectivity index (χ1v) is 13.5. The van der Waals surface area contributed by atoms with Crippen molar-refractivity contribution < 1.29 is 4.79 Å². The maximum Gasteiger partial charge on any atom is 0.263 e. The highest BCUT2D eigenvalue weighted by Crippen LogP contribution is 2.28. The van der Waals surface area contributed by atoms with E-state index in [0.29, 0.717) is 55.5 Å². The average molecular weight is 617 g/mol. The van der Waals surface area contributed by atoms with Gasteiger partial charge in [-0.15, -0.1) is 0 Å². The van der Waals surface area contributed by atoms with E-state index >= 15 is 0 Å². The van der Waals surface area contributed by atoms with Crippen molar-refractivity contribution in [1.82, 2.24) is 29.6 Å². The molecule has 38 heavy (non-hydrogen) atoms. The molecule has 0 radical (unpaired) electrons. The van der Waals surface area contributed by atoms with Crippen molar-refractivity contribution in [2.24, 2.45) is 0 Å². The van der Waals surface area contributed by atoms with E-state index < -0.39 is 0 Å². The van der Waals surface area contributed by atoms with Crippen LogP contribution < -0.4 is 10.9 Å². The third-order valence-corrected chi connectivity index (χ3v) is 7.39. The van der Waals surface area contributed by atoms with Crippen molar-refractivity contribution in [3.63, 3.8) is 0 Å². The lowest BCUT2D eigenvalue weighted by atomic mass is 9.98. The van der Waals surface area contributed by atoms with Gasteiger partial charge in [-0.2, -0.15) is 5.10 Å². The lowest BCUT2D eigenvalue weighted by Crippen LogP contribution is -2.46. The number of fused-ring (bicyclic) bond motifs is 1. The van der Waals surface area contributed by atoms with Crippen LogP contribution in [-0.4, -0.2) is 47.6 Å². The van der Waals surface area contributed by atoms with Gasteiger partial charge in [0.1, 0.15) is 0 Å². The Morgan fingerprint density at radius 2 is 1.87 bits per heavy atom. The van der Waals surface area contributed by atoms with E-state index in [-0.39, 0.29) is 30.1 Å². The lowest BCUT2D eigenvalue weighted by molar-refractivity contribution is 0.0653. The highest BCUT2D eigenvalue weighted by atomic mass is 79.9. The molecule has 0 saturated heterocycles. The second-order valence-electron chi connectivity index (χ2n) is 9.41. The highest BCUT2D eigenvalue weighted by Gasteiger charge is 2.32. The third-order valence-electron chi connectivity index (χ3n) is 6.30. The van der Waals surface area contributed by atoms with Gasteiger partial charge in [-0.25, -0.2) is 14.5 Å². The van der Waals surface area contributed by atoms with Crippen LogP contribution in [0.1, 0.15) is 42.4 Å². The summed E-state index contributed by atoms with van der Waals surface area (Å²) < 4.78 is 2.12. The number of nitrogens with one attached hydrogen (secondary N) is 2. The molecule has 0 fully saturated rings. The summed E-state index contributed by atoms with van der Waals surface area (Å²) in [6, 6.07) is 12.0. The molecule has 0 aliphatic carbocycles.